The van der Waals surface area contributed by atoms with Crippen molar-refractivity contribution in [3.05, 3.63) is 23.4 Å². The highest BCUT2D eigenvalue weighted by Gasteiger charge is 2.11. The van der Waals surface area contributed by atoms with E-state index < -0.39 is 0 Å². The molecule has 3 N–H and O–H groups in total. The van der Waals surface area contributed by atoms with Gasteiger partial charge in [0.05, 0.1) is 5.56 Å². The van der Waals surface area contributed by atoms with E-state index in [-0.39, 0.29) is 0 Å². The highest BCUT2D eigenvalue weighted by atomic mass is 32.2. The second kappa shape index (κ2) is 6.81. The number of hydrogen-bond acceptors (Lipinski definition) is 4. The molecule has 0 bridgehead atoms. The fraction of sp³-hybridized carbons (Fsp3) is 0.500. The van der Waals surface area contributed by atoms with Crippen LogP contribution in [0.3, 0.4) is 0 Å². The van der Waals surface area contributed by atoms with E-state index in [0.29, 0.717) is 11.0 Å². The predicted octanol–water partition coefficient (Wildman–Crippen LogP) is 2.58. The summed E-state index contributed by atoms with van der Waals surface area (Å²) >= 11 is 6.97. The molecule has 0 saturated heterocycles. The summed E-state index contributed by atoms with van der Waals surface area (Å²) in [4.78, 5) is 4.72. The molecular formula is C12H19N3S2. The first-order chi connectivity index (χ1) is 8.06. The standard InChI is InChI=1S/C12H19N3S2/c1-4-17-7-9(3)15-12-10(11(13)16)8(2)5-6-14-12/h5-6,9H,4,7H2,1-3H3,(H2,13,16)(H,14,15). The Balaban J connectivity index is 2.83. The number of nitrogens with zero attached hydrogens (tertiary/aromatic N) is 1. The van der Waals surface area contributed by atoms with Crippen LogP contribution in [0.1, 0.15) is 25.0 Å². The van der Waals surface area contributed by atoms with Crippen LogP contribution in [-0.2, 0) is 0 Å². The van der Waals surface area contributed by atoms with Gasteiger partial charge in [0.25, 0.3) is 0 Å². The summed E-state index contributed by atoms with van der Waals surface area (Å²) < 4.78 is 0. The van der Waals surface area contributed by atoms with Gasteiger partial charge in [-0.15, -0.1) is 0 Å². The van der Waals surface area contributed by atoms with Crippen molar-refractivity contribution in [1.29, 1.82) is 0 Å². The summed E-state index contributed by atoms with van der Waals surface area (Å²) in [6, 6.07) is 2.27. The molecule has 0 amide bonds. The fourth-order valence-electron chi connectivity index (χ4n) is 1.55. The van der Waals surface area contributed by atoms with Gasteiger partial charge in [-0.1, -0.05) is 19.1 Å². The summed E-state index contributed by atoms with van der Waals surface area (Å²) in [5.41, 5.74) is 7.66. The third-order valence-electron chi connectivity index (χ3n) is 2.36. The van der Waals surface area contributed by atoms with Crippen molar-refractivity contribution < 1.29 is 0 Å². The lowest BCUT2D eigenvalue weighted by Crippen LogP contribution is -2.23. The molecule has 1 rings (SSSR count). The highest BCUT2D eigenvalue weighted by molar-refractivity contribution is 7.99. The van der Waals surface area contributed by atoms with Crippen molar-refractivity contribution >= 4 is 34.8 Å². The minimum absolute atomic E-state index is 0.349. The Morgan fingerprint density at radius 3 is 2.94 bits per heavy atom. The molecule has 0 radical (unpaired) electrons. The molecule has 0 spiro atoms. The zero-order valence-corrected chi connectivity index (χ0v) is 12.1. The van der Waals surface area contributed by atoms with E-state index in [2.05, 4.69) is 24.1 Å². The van der Waals surface area contributed by atoms with Crippen LogP contribution in [0.25, 0.3) is 0 Å². The number of nitrogens with one attached hydrogen (secondary N) is 1. The largest absolute Gasteiger partial charge is 0.389 e. The third kappa shape index (κ3) is 4.16. The molecule has 0 aliphatic heterocycles. The molecule has 3 nitrogen and oxygen atoms in total. The number of thiocarbonyl (C=S) groups is 1. The van der Waals surface area contributed by atoms with Gasteiger partial charge in [-0.2, -0.15) is 11.8 Å². The summed E-state index contributed by atoms with van der Waals surface area (Å²) in [6.07, 6.45) is 1.78. The molecule has 0 aliphatic rings. The first-order valence-electron chi connectivity index (χ1n) is 5.66. The number of pyridine rings is 1. The lowest BCUT2D eigenvalue weighted by Gasteiger charge is -2.17. The van der Waals surface area contributed by atoms with E-state index in [9.17, 15) is 0 Å². The lowest BCUT2D eigenvalue weighted by atomic mass is 10.1. The molecular weight excluding hydrogens is 250 g/mol. The highest BCUT2D eigenvalue weighted by Crippen LogP contribution is 2.18. The number of anilines is 1. The number of hydrogen-bond donors (Lipinski definition) is 2. The molecule has 17 heavy (non-hydrogen) atoms. The first-order valence-corrected chi connectivity index (χ1v) is 7.22. The van der Waals surface area contributed by atoms with E-state index in [1.165, 1.54) is 0 Å². The summed E-state index contributed by atoms with van der Waals surface area (Å²) in [6.45, 7) is 6.28. The normalized spacial score (nSPS) is 12.2. The molecule has 0 saturated carbocycles. The maximum atomic E-state index is 5.74. The van der Waals surface area contributed by atoms with Gasteiger partial charge in [0, 0.05) is 18.0 Å². The van der Waals surface area contributed by atoms with E-state index in [1.807, 2.05) is 24.8 Å². The van der Waals surface area contributed by atoms with Crippen LogP contribution < -0.4 is 11.1 Å². The van der Waals surface area contributed by atoms with Gasteiger partial charge in [0.1, 0.15) is 10.8 Å². The monoisotopic (exact) mass is 269 g/mol. The van der Waals surface area contributed by atoms with Crippen LogP contribution in [-0.4, -0.2) is 27.5 Å². The molecule has 5 heteroatoms. The van der Waals surface area contributed by atoms with Gasteiger partial charge < -0.3 is 11.1 Å². The van der Waals surface area contributed by atoms with Gasteiger partial charge in [0.2, 0.25) is 0 Å². The van der Waals surface area contributed by atoms with Crippen molar-refractivity contribution in [1.82, 2.24) is 4.98 Å². The van der Waals surface area contributed by atoms with Crippen LogP contribution in [0.2, 0.25) is 0 Å². The van der Waals surface area contributed by atoms with Crippen molar-refractivity contribution in [2.24, 2.45) is 5.73 Å². The third-order valence-corrected chi connectivity index (χ3v) is 3.71. The molecule has 1 unspecified atom stereocenters. The molecule has 0 fully saturated rings. The van der Waals surface area contributed by atoms with Gasteiger partial charge in [0.15, 0.2) is 0 Å². The number of aromatic nitrogens is 1. The molecule has 1 aromatic heterocycles. The second-order valence-corrected chi connectivity index (χ2v) is 5.68. The minimum atomic E-state index is 0.349. The second-order valence-electron chi connectivity index (χ2n) is 3.92. The van der Waals surface area contributed by atoms with Gasteiger partial charge >= 0.3 is 0 Å². The molecule has 1 heterocycles. The van der Waals surface area contributed by atoms with Gasteiger partial charge in [-0.25, -0.2) is 4.98 Å². The lowest BCUT2D eigenvalue weighted by molar-refractivity contribution is 0.900. The van der Waals surface area contributed by atoms with Crippen molar-refractivity contribution in [2.45, 2.75) is 26.8 Å². The smallest absolute Gasteiger partial charge is 0.136 e. The zero-order chi connectivity index (χ0) is 12.8. The van der Waals surface area contributed by atoms with Crippen molar-refractivity contribution in [3.63, 3.8) is 0 Å². The zero-order valence-electron chi connectivity index (χ0n) is 10.5. The van der Waals surface area contributed by atoms with Crippen molar-refractivity contribution in [2.75, 3.05) is 16.8 Å². The van der Waals surface area contributed by atoms with E-state index in [1.54, 1.807) is 6.20 Å². The molecule has 0 aromatic carbocycles. The average Bonchev–Trinajstić information content (AvgIpc) is 2.25. The Kier molecular flexibility index (Phi) is 5.71. The van der Waals surface area contributed by atoms with E-state index >= 15 is 0 Å². The number of rotatable bonds is 6. The van der Waals surface area contributed by atoms with Crippen LogP contribution in [0.4, 0.5) is 5.82 Å². The number of nitrogens with two attached hydrogens (primary N) is 1. The number of thioether (sulfide) groups is 1. The van der Waals surface area contributed by atoms with Crippen LogP contribution in [0.5, 0.6) is 0 Å². The Morgan fingerprint density at radius 1 is 1.65 bits per heavy atom. The maximum absolute atomic E-state index is 5.74. The summed E-state index contributed by atoms with van der Waals surface area (Å²) in [5.74, 6) is 2.96. The summed E-state index contributed by atoms with van der Waals surface area (Å²) in [5, 5.41) is 3.37. The predicted molar refractivity (Wildman–Crippen MR) is 80.9 cm³/mol. The van der Waals surface area contributed by atoms with Crippen LogP contribution in [0.15, 0.2) is 12.3 Å². The molecule has 94 valence electrons. The Labute approximate surface area is 113 Å². The summed E-state index contributed by atoms with van der Waals surface area (Å²) in [7, 11) is 0. The molecule has 1 aromatic rings. The fourth-order valence-corrected chi connectivity index (χ4v) is 2.48. The SMILES string of the molecule is CCSCC(C)Nc1nccc(C)c1C(N)=S. The maximum Gasteiger partial charge on any atom is 0.136 e. The van der Waals surface area contributed by atoms with Crippen LogP contribution in [0, 0.1) is 6.92 Å². The Hall–Kier alpha value is -0.810. The quantitative estimate of drug-likeness (QED) is 0.777. The van der Waals surface area contributed by atoms with Gasteiger partial charge in [-0.05, 0) is 31.2 Å². The Bertz CT molecular complexity index is 393. The Morgan fingerprint density at radius 2 is 2.35 bits per heavy atom. The van der Waals surface area contributed by atoms with Gasteiger partial charge in [-0.3, -0.25) is 0 Å². The van der Waals surface area contributed by atoms with Crippen LogP contribution >= 0.6 is 24.0 Å². The molecule has 1 atom stereocenters. The van der Waals surface area contributed by atoms with E-state index in [0.717, 1.165) is 28.5 Å². The first kappa shape index (κ1) is 14.3. The van der Waals surface area contributed by atoms with E-state index in [4.69, 9.17) is 18.0 Å². The average molecular weight is 269 g/mol. The molecule has 0 aliphatic carbocycles. The number of aryl methyl sites for hydroxylation is 1. The topological polar surface area (TPSA) is 50.9 Å². The minimum Gasteiger partial charge on any atom is -0.389 e. The van der Waals surface area contributed by atoms with Crippen molar-refractivity contribution in [3.8, 4) is 0 Å².